The first-order valence-electron chi connectivity index (χ1n) is 8.17. The van der Waals surface area contributed by atoms with E-state index in [1.165, 1.54) is 23.9 Å². The molecule has 0 aliphatic carbocycles. The second-order valence-corrected chi connectivity index (χ2v) is 7.38. The van der Waals surface area contributed by atoms with Crippen molar-refractivity contribution < 1.29 is 9.72 Å². The number of nitrogens with zero attached hydrogens (tertiary/aromatic N) is 3. The largest absolute Gasteiger partial charge is 0.322 e. The van der Waals surface area contributed by atoms with Crippen molar-refractivity contribution >= 4 is 40.6 Å². The third-order valence-corrected chi connectivity index (χ3v) is 4.88. The van der Waals surface area contributed by atoms with E-state index in [0.29, 0.717) is 10.8 Å². The third-order valence-electron chi connectivity index (χ3n) is 3.69. The number of hydrogen-bond acceptors (Lipinski definition) is 6. The molecule has 0 saturated carbocycles. The number of halogens is 1. The van der Waals surface area contributed by atoms with Crippen molar-refractivity contribution in [2.24, 2.45) is 0 Å². The third kappa shape index (κ3) is 4.85. The summed E-state index contributed by atoms with van der Waals surface area (Å²) in [6.45, 7) is 3.83. The zero-order chi connectivity index (χ0) is 20.3. The summed E-state index contributed by atoms with van der Waals surface area (Å²) >= 11 is 7.42. The molecule has 0 fully saturated rings. The molecule has 0 spiro atoms. The maximum absolute atomic E-state index is 12.4. The number of aromatic nitrogens is 2. The summed E-state index contributed by atoms with van der Waals surface area (Å²) in [5, 5.41) is 14.2. The van der Waals surface area contributed by atoms with Crippen LogP contribution in [0.25, 0.3) is 0 Å². The first-order chi connectivity index (χ1) is 13.3. The van der Waals surface area contributed by atoms with Crippen molar-refractivity contribution in [1.29, 1.82) is 0 Å². The van der Waals surface area contributed by atoms with Crippen LogP contribution < -0.4 is 5.32 Å². The van der Waals surface area contributed by atoms with E-state index in [2.05, 4.69) is 15.3 Å². The Morgan fingerprint density at radius 1 is 1.07 bits per heavy atom. The molecule has 0 aliphatic rings. The summed E-state index contributed by atoms with van der Waals surface area (Å²) in [6, 6.07) is 12.8. The molecule has 142 valence electrons. The molecule has 7 nitrogen and oxygen atoms in total. The molecule has 3 aromatic rings. The monoisotopic (exact) mass is 414 g/mol. The minimum Gasteiger partial charge on any atom is -0.322 e. The van der Waals surface area contributed by atoms with Crippen molar-refractivity contribution in [2.75, 3.05) is 5.32 Å². The van der Waals surface area contributed by atoms with Gasteiger partial charge in [-0.25, -0.2) is 9.97 Å². The number of carbonyl (C=O) groups is 1. The van der Waals surface area contributed by atoms with Crippen LogP contribution in [-0.4, -0.2) is 20.8 Å². The first kappa shape index (κ1) is 19.8. The van der Waals surface area contributed by atoms with Crippen LogP contribution in [0.2, 0.25) is 5.02 Å². The highest BCUT2D eigenvalue weighted by molar-refractivity contribution is 7.99. The standard InChI is InChI=1S/C19H15ClN4O3S/c1-11-9-12(2)22-19(21-11)28-15-6-3-13(4-7-15)23-18(25)16-8-5-14(24(26)27)10-17(16)20/h3-10H,1-2H3,(H,23,25). The van der Waals surface area contributed by atoms with Crippen LogP contribution in [0.3, 0.4) is 0 Å². The lowest BCUT2D eigenvalue weighted by Crippen LogP contribution is -2.12. The maximum Gasteiger partial charge on any atom is 0.270 e. The van der Waals surface area contributed by atoms with Crippen molar-refractivity contribution in [2.45, 2.75) is 23.9 Å². The van der Waals surface area contributed by atoms with E-state index in [1.54, 1.807) is 12.1 Å². The Morgan fingerprint density at radius 3 is 2.29 bits per heavy atom. The summed E-state index contributed by atoms with van der Waals surface area (Å²) in [5.74, 6) is -0.446. The van der Waals surface area contributed by atoms with E-state index >= 15 is 0 Å². The van der Waals surface area contributed by atoms with Gasteiger partial charge < -0.3 is 5.32 Å². The van der Waals surface area contributed by atoms with Gasteiger partial charge in [0.05, 0.1) is 15.5 Å². The van der Waals surface area contributed by atoms with Crippen LogP contribution in [0, 0.1) is 24.0 Å². The van der Waals surface area contributed by atoms with Crippen molar-refractivity contribution in [3.8, 4) is 0 Å². The Balaban J connectivity index is 1.70. The van der Waals surface area contributed by atoms with Crippen LogP contribution in [0.1, 0.15) is 21.7 Å². The molecule has 0 saturated heterocycles. The number of hydrogen-bond donors (Lipinski definition) is 1. The van der Waals surface area contributed by atoms with Crippen molar-refractivity contribution in [1.82, 2.24) is 9.97 Å². The van der Waals surface area contributed by atoms with E-state index in [0.717, 1.165) is 22.3 Å². The molecular formula is C19H15ClN4O3S. The predicted molar refractivity (Wildman–Crippen MR) is 108 cm³/mol. The topological polar surface area (TPSA) is 98.0 Å². The lowest BCUT2D eigenvalue weighted by molar-refractivity contribution is -0.384. The van der Waals surface area contributed by atoms with Crippen LogP contribution >= 0.6 is 23.4 Å². The molecule has 0 aliphatic heterocycles. The van der Waals surface area contributed by atoms with Gasteiger partial charge in [0.15, 0.2) is 5.16 Å². The fourth-order valence-corrected chi connectivity index (χ4v) is 3.57. The highest BCUT2D eigenvalue weighted by Gasteiger charge is 2.15. The predicted octanol–water partition coefficient (Wildman–Crippen LogP) is 5.06. The number of carbonyl (C=O) groups excluding carboxylic acids is 1. The van der Waals surface area contributed by atoms with E-state index in [-0.39, 0.29) is 16.3 Å². The Bertz CT molecular complexity index is 1040. The fraction of sp³-hybridized carbons (Fsp3) is 0.105. The zero-order valence-corrected chi connectivity index (χ0v) is 16.5. The van der Waals surface area contributed by atoms with E-state index < -0.39 is 10.8 Å². The fourth-order valence-electron chi connectivity index (χ4n) is 2.45. The second-order valence-electron chi connectivity index (χ2n) is 5.94. The summed E-state index contributed by atoms with van der Waals surface area (Å²) in [6.07, 6.45) is 0. The van der Waals surface area contributed by atoms with E-state index in [9.17, 15) is 14.9 Å². The number of nitro benzene ring substituents is 1. The number of aryl methyl sites for hydroxylation is 2. The first-order valence-corrected chi connectivity index (χ1v) is 9.37. The second kappa shape index (κ2) is 8.37. The molecule has 1 heterocycles. The summed E-state index contributed by atoms with van der Waals surface area (Å²) < 4.78 is 0. The van der Waals surface area contributed by atoms with E-state index in [4.69, 9.17) is 11.6 Å². The summed E-state index contributed by atoms with van der Waals surface area (Å²) in [5.41, 5.74) is 2.37. The highest BCUT2D eigenvalue weighted by atomic mass is 35.5. The van der Waals surface area contributed by atoms with E-state index in [1.807, 2.05) is 32.0 Å². The zero-order valence-electron chi connectivity index (χ0n) is 15.0. The molecule has 1 amide bonds. The molecule has 0 unspecified atom stereocenters. The number of benzene rings is 2. The molecular weight excluding hydrogens is 400 g/mol. The Hall–Kier alpha value is -2.97. The lowest BCUT2D eigenvalue weighted by Gasteiger charge is -2.08. The molecule has 0 radical (unpaired) electrons. The summed E-state index contributed by atoms with van der Waals surface area (Å²) in [7, 11) is 0. The van der Waals surface area contributed by atoms with Gasteiger partial charge in [0, 0.05) is 34.1 Å². The number of amides is 1. The van der Waals surface area contributed by atoms with Gasteiger partial charge in [-0.05, 0) is 62.0 Å². The number of rotatable bonds is 5. The maximum atomic E-state index is 12.4. The molecule has 0 atom stereocenters. The Kier molecular flexibility index (Phi) is 5.91. The smallest absolute Gasteiger partial charge is 0.270 e. The SMILES string of the molecule is Cc1cc(C)nc(Sc2ccc(NC(=O)c3ccc([N+](=O)[O-])cc3Cl)cc2)n1. The molecule has 2 aromatic carbocycles. The number of non-ortho nitro benzene ring substituents is 1. The number of nitro groups is 1. The van der Waals surface area contributed by atoms with Gasteiger partial charge in [0.25, 0.3) is 11.6 Å². The average molecular weight is 415 g/mol. The highest BCUT2D eigenvalue weighted by Crippen LogP contribution is 2.27. The van der Waals surface area contributed by atoms with Gasteiger partial charge in [-0.15, -0.1) is 0 Å². The lowest BCUT2D eigenvalue weighted by atomic mass is 10.2. The number of anilines is 1. The van der Waals surface area contributed by atoms with Crippen LogP contribution in [0.4, 0.5) is 11.4 Å². The summed E-state index contributed by atoms with van der Waals surface area (Å²) in [4.78, 5) is 32.3. The molecule has 3 rings (SSSR count). The molecule has 1 aromatic heterocycles. The van der Waals surface area contributed by atoms with Crippen LogP contribution in [0.5, 0.6) is 0 Å². The molecule has 28 heavy (non-hydrogen) atoms. The number of nitrogens with one attached hydrogen (secondary N) is 1. The van der Waals surface area contributed by atoms with Gasteiger partial charge >= 0.3 is 0 Å². The van der Waals surface area contributed by atoms with Crippen LogP contribution in [0.15, 0.2) is 58.6 Å². The van der Waals surface area contributed by atoms with Crippen LogP contribution in [-0.2, 0) is 0 Å². The van der Waals surface area contributed by atoms with Crippen molar-refractivity contribution in [3.05, 3.63) is 80.6 Å². The normalized spacial score (nSPS) is 10.5. The Labute approximate surface area is 170 Å². The minimum absolute atomic E-state index is 0.0193. The van der Waals surface area contributed by atoms with Gasteiger partial charge in [0.2, 0.25) is 0 Å². The Morgan fingerprint density at radius 2 is 1.71 bits per heavy atom. The van der Waals surface area contributed by atoms with Gasteiger partial charge in [0.1, 0.15) is 0 Å². The molecule has 9 heteroatoms. The van der Waals surface area contributed by atoms with Gasteiger partial charge in [-0.3, -0.25) is 14.9 Å². The minimum atomic E-state index is -0.566. The van der Waals surface area contributed by atoms with Gasteiger partial charge in [-0.1, -0.05) is 11.6 Å². The molecule has 0 bridgehead atoms. The average Bonchev–Trinajstić information content (AvgIpc) is 2.62. The van der Waals surface area contributed by atoms with Crippen molar-refractivity contribution in [3.63, 3.8) is 0 Å². The molecule has 1 N–H and O–H groups in total. The van der Waals surface area contributed by atoms with Gasteiger partial charge in [-0.2, -0.15) is 0 Å². The quantitative estimate of drug-likeness (QED) is 0.356.